The van der Waals surface area contributed by atoms with Gasteiger partial charge in [0.2, 0.25) is 0 Å². The standard InChI is InChI=1S/C35H29F3O8.C33H25F3O10.C33H25F3O8/c1-20-4-8-22(9-5-20)18-45-32(43)27-15-13-24(16-28(27)31(41)42)34(3,35(36,37)38)25-12-14-26(30(39)40)29(17-25)33(44)46-19-23-10-6-21(2)7-11-23;1-32(33(34,35)36,20-7-13-25(26(14-20)29(41)42)30(43)45-16-18-2-8-22(37)9-3-18)21-6-12-24(28(39)40)27(15-21)31(44)46-17-19-4-10-23(38)11-5-19;1-32(33(34,35)36,22-13-15-25(26(16-22)29(39)40)30(41)43-18-20-8-4-2-5-9-20)23-12-14-24(28(37)38)27(17-23)31(42)44-19-21-10-6-3-7-11-21/h4-17H,18-19H2,1-3H3,(H,39,40)(H,41,42);2-15,37-38H,16-17H2,1H3,(H,39,40)(H,41,42);2-17H,18-19H2,1H3,(H,37,38)(H,39,40). The van der Waals surface area contributed by atoms with Crippen LogP contribution in [0.3, 0.4) is 0 Å². The Bertz CT molecular complexity index is 6270. The monoisotopic (exact) mass is 1880 g/mol. The van der Waals surface area contributed by atoms with Crippen molar-refractivity contribution in [1.29, 1.82) is 0 Å². The third kappa shape index (κ3) is 23.8. The number of hydrogen-bond donors (Lipinski definition) is 8. The molecule has 26 nitrogen and oxygen atoms in total. The maximum atomic E-state index is 14.9. The highest BCUT2D eigenvalue weighted by Crippen LogP contribution is 2.51. The fraction of sp³-hybridized carbons (Fsp3) is 0.168. The van der Waals surface area contributed by atoms with E-state index in [9.17, 15) is 138 Å². The molecule has 8 N–H and O–H groups in total. The molecule has 3 atom stereocenters. The molecule has 0 aliphatic heterocycles. The SMILES string of the molecule is CC(c1ccc(C(=O)OCc2ccc(O)cc2)c(C(=O)O)c1)(c1ccc(C(=O)O)c(C(=O)OCc2ccc(O)cc2)c1)C(F)(F)F.CC(c1ccc(C(=O)OCc2ccccc2)c(C(=O)O)c1)(c1ccc(C(=O)O)c(C(=O)OCc2ccccc2)c1)C(F)(F)F.Cc1ccc(COC(=O)c2ccc(C(C)(c3ccc(C(=O)O)c(C(=O)OCc4ccc(C)cc4)c3)C(F)(F)F)cc2C(=O)O)cc1. The van der Waals surface area contributed by atoms with Crippen LogP contribution >= 0.6 is 0 Å². The molecule has 12 rings (SSSR count). The molecule has 3 unspecified atom stereocenters. The first-order valence-electron chi connectivity index (χ1n) is 40.3. The number of ether oxygens (including phenoxy) is 6. The molecule has 0 aliphatic carbocycles. The smallest absolute Gasteiger partial charge is 0.402 e. The second-order valence-electron chi connectivity index (χ2n) is 31.0. The molecule has 12 aromatic carbocycles. The van der Waals surface area contributed by atoms with Crippen molar-refractivity contribution in [3.8, 4) is 11.5 Å². The van der Waals surface area contributed by atoms with Gasteiger partial charge in [-0.2, -0.15) is 39.5 Å². The summed E-state index contributed by atoms with van der Waals surface area (Å²) < 4.78 is 165. The molecule has 0 spiro atoms. The van der Waals surface area contributed by atoms with Crippen LogP contribution in [-0.4, -0.2) is 131 Å². The third-order valence-electron chi connectivity index (χ3n) is 22.0. The predicted molar refractivity (Wildman–Crippen MR) is 464 cm³/mol. The number of carbonyl (C=O) groups excluding carboxylic acids is 6. The highest BCUT2D eigenvalue weighted by atomic mass is 19.4. The van der Waals surface area contributed by atoms with Gasteiger partial charge in [-0.1, -0.05) is 181 Å². The van der Waals surface area contributed by atoms with Gasteiger partial charge in [0.15, 0.2) is 0 Å². The van der Waals surface area contributed by atoms with Crippen molar-refractivity contribution in [1.82, 2.24) is 0 Å². The fourth-order valence-electron chi connectivity index (χ4n) is 13.8. The number of phenolic OH excluding ortho intramolecular Hbond substituents is 2. The number of esters is 6. The predicted octanol–water partition coefficient (Wildman–Crippen LogP) is 20.0. The van der Waals surface area contributed by atoms with E-state index in [1.165, 1.54) is 48.5 Å². The summed E-state index contributed by atoms with van der Waals surface area (Å²) in [5.74, 6) is -16.7. The van der Waals surface area contributed by atoms with Crippen LogP contribution < -0.4 is 0 Å². The van der Waals surface area contributed by atoms with Crippen molar-refractivity contribution in [2.45, 2.75) is 109 Å². The van der Waals surface area contributed by atoms with Gasteiger partial charge in [0.25, 0.3) is 0 Å². The van der Waals surface area contributed by atoms with Crippen LogP contribution in [0.5, 0.6) is 11.5 Å². The average Bonchev–Trinajstić information content (AvgIpc) is 0.748. The number of alkyl halides is 9. The Hall–Kier alpha value is -16.8. The zero-order chi connectivity index (χ0) is 99.7. The van der Waals surface area contributed by atoms with E-state index in [4.69, 9.17) is 28.4 Å². The Morgan fingerprint density at radius 1 is 0.221 bits per heavy atom. The van der Waals surface area contributed by atoms with Crippen LogP contribution in [0.2, 0.25) is 0 Å². The summed E-state index contributed by atoms with van der Waals surface area (Å²) in [7, 11) is 0. The third-order valence-corrected chi connectivity index (χ3v) is 22.0. The van der Waals surface area contributed by atoms with E-state index in [0.29, 0.717) is 45.5 Å². The lowest BCUT2D eigenvalue weighted by molar-refractivity contribution is -0.173. The molecule has 136 heavy (non-hydrogen) atoms. The number of rotatable bonds is 30. The van der Waals surface area contributed by atoms with Crippen LogP contribution in [0.15, 0.2) is 267 Å². The molecular weight excluding hydrogens is 1800 g/mol. The summed E-state index contributed by atoms with van der Waals surface area (Å²) in [4.78, 5) is 149. The first kappa shape index (κ1) is 101. The van der Waals surface area contributed by atoms with Crippen molar-refractivity contribution in [3.05, 3.63) is 412 Å². The summed E-state index contributed by atoms with van der Waals surface area (Å²) in [5.41, 5.74) is -14.7. The Labute approximate surface area is 766 Å². The topological polar surface area (TPSA) is 422 Å². The number of benzene rings is 12. The number of hydrogen-bond acceptors (Lipinski definition) is 20. The molecular formula is C101H79F9O26. The van der Waals surface area contributed by atoms with Crippen molar-refractivity contribution < 1.29 is 166 Å². The molecule has 0 saturated carbocycles. The molecule has 0 amide bonds. The maximum Gasteiger partial charge on any atom is 0.402 e. The lowest BCUT2D eigenvalue weighted by atomic mass is 9.74. The number of carboxylic acids is 6. The minimum absolute atomic E-state index is 0.0396. The zero-order valence-electron chi connectivity index (χ0n) is 72.0. The Morgan fingerprint density at radius 2 is 0.390 bits per heavy atom. The van der Waals surface area contributed by atoms with Gasteiger partial charge in [-0.15, -0.1) is 0 Å². The van der Waals surface area contributed by atoms with Gasteiger partial charge in [-0.05, 0) is 198 Å². The minimum Gasteiger partial charge on any atom is -0.508 e. The van der Waals surface area contributed by atoms with Gasteiger partial charge in [0.1, 0.15) is 67.4 Å². The molecule has 12 aromatic rings. The summed E-state index contributed by atoms with van der Waals surface area (Å²) in [6.07, 6.45) is -15.3. The van der Waals surface area contributed by atoms with Crippen LogP contribution in [0.1, 0.15) is 223 Å². The number of carboxylic acid groups (broad SMARTS) is 6. The second-order valence-corrected chi connectivity index (χ2v) is 31.0. The molecule has 0 saturated heterocycles. The quantitative estimate of drug-likeness (QED) is 0.0118. The lowest BCUT2D eigenvalue weighted by Crippen LogP contribution is -2.41. The number of phenols is 2. The highest BCUT2D eigenvalue weighted by molar-refractivity contribution is 6.07. The van der Waals surface area contributed by atoms with E-state index in [0.717, 1.165) is 129 Å². The van der Waals surface area contributed by atoms with Gasteiger partial charge in [-0.3, -0.25) is 0 Å². The molecule has 0 bridgehead atoms. The summed E-state index contributed by atoms with van der Waals surface area (Å²) in [5, 5.41) is 77.2. The van der Waals surface area contributed by atoms with Crippen LogP contribution in [0.25, 0.3) is 0 Å². The van der Waals surface area contributed by atoms with Gasteiger partial charge >= 0.3 is 90.2 Å². The molecule has 0 radical (unpaired) electrons. The number of aryl methyl sites for hydroxylation is 2. The Morgan fingerprint density at radius 3 is 0.581 bits per heavy atom. The maximum absolute atomic E-state index is 14.9. The summed E-state index contributed by atoms with van der Waals surface area (Å²) >= 11 is 0. The number of carbonyl (C=O) groups is 12. The first-order valence-corrected chi connectivity index (χ1v) is 40.3. The van der Waals surface area contributed by atoms with E-state index in [1.807, 2.05) is 13.8 Å². The van der Waals surface area contributed by atoms with Crippen molar-refractivity contribution in [2.24, 2.45) is 0 Å². The first-order chi connectivity index (χ1) is 64.0. The molecule has 702 valence electrons. The van der Waals surface area contributed by atoms with Gasteiger partial charge in [-0.25, -0.2) is 57.5 Å². The normalized spacial score (nSPS) is 12.5. The number of halogens is 9. The number of aromatic hydroxyl groups is 2. The Balaban J connectivity index is 0.000000211. The molecule has 0 aliphatic rings. The molecule has 0 fully saturated rings. The van der Waals surface area contributed by atoms with Crippen LogP contribution in [0, 0.1) is 13.8 Å². The fourth-order valence-corrected chi connectivity index (χ4v) is 13.8. The van der Waals surface area contributed by atoms with Gasteiger partial charge in [0.05, 0.1) is 66.8 Å². The molecule has 0 heterocycles. The second kappa shape index (κ2) is 42.6. The molecule has 0 aromatic heterocycles. The van der Waals surface area contributed by atoms with E-state index >= 15 is 0 Å². The van der Waals surface area contributed by atoms with E-state index in [-0.39, 0.29) is 51.1 Å². The van der Waals surface area contributed by atoms with Crippen molar-refractivity contribution in [3.63, 3.8) is 0 Å². The minimum atomic E-state index is -5.12. The van der Waals surface area contributed by atoms with Gasteiger partial charge < -0.3 is 69.3 Å². The van der Waals surface area contributed by atoms with Gasteiger partial charge in [0, 0.05) is 0 Å². The van der Waals surface area contributed by atoms with E-state index < -0.39 is 207 Å². The average molecular weight is 1880 g/mol. The molecule has 35 heteroatoms. The van der Waals surface area contributed by atoms with Crippen LogP contribution in [0.4, 0.5) is 39.5 Å². The highest BCUT2D eigenvalue weighted by Gasteiger charge is 2.57. The summed E-state index contributed by atoms with van der Waals surface area (Å²) in [6.45, 7) is 4.35. The zero-order valence-corrected chi connectivity index (χ0v) is 72.0. The lowest BCUT2D eigenvalue weighted by Gasteiger charge is -2.34. The van der Waals surface area contributed by atoms with E-state index in [2.05, 4.69) is 0 Å². The largest absolute Gasteiger partial charge is 0.508 e. The van der Waals surface area contributed by atoms with E-state index in [1.54, 1.807) is 109 Å². The Kier molecular flexibility index (Phi) is 31.8. The van der Waals surface area contributed by atoms with Crippen molar-refractivity contribution in [2.75, 3.05) is 0 Å². The summed E-state index contributed by atoms with van der Waals surface area (Å²) in [6, 6.07) is 56.9. The van der Waals surface area contributed by atoms with Crippen LogP contribution in [-0.2, 0) is 84.3 Å². The van der Waals surface area contributed by atoms with Crippen molar-refractivity contribution >= 4 is 71.6 Å². The number of aromatic carboxylic acids is 6.